The number of carbonyl (C=O) groups excluding carboxylic acids is 1. The Bertz CT molecular complexity index is 749. The van der Waals surface area contributed by atoms with E-state index in [1.54, 1.807) is 11.6 Å². The zero-order valence-corrected chi connectivity index (χ0v) is 13.4. The summed E-state index contributed by atoms with van der Waals surface area (Å²) in [5.74, 6) is 0.881. The predicted molar refractivity (Wildman–Crippen MR) is 93.6 cm³/mol. The second kappa shape index (κ2) is 5.74. The van der Waals surface area contributed by atoms with Crippen LogP contribution in [0, 0.1) is 0 Å². The minimum absolute atomic E-state index is 0.0701. The first-order valence-electron chi connectivity index (χ1n) is 7.81. The number of aromatic nitrogens is 1. The summed E-state index contributed by atoms with van der Waals surface area (Å²) in [6.07, 6.45) is 2.66. The molecule has 2 unspecified atom stereocenters. The Morgan fingerprint density at radius 2 is 1.96 bits per heavy atom. The fourth-order valence-corrected chi connectivity index (χ4v) is 3.87. The van der Waals surface area contributed by atoms with E-state index in [9.17, 15) is 4.79 Å². The highest BCUT2D eigenvalue weighted by atomic mass is 32.1. The van der Waals surface area contributed by atoms with Gasteiger partial charge in [-0.1, -0.05) is 42.5 Å². The maximum Gasteiger partial charge on any atom is 0.250 e. The topological polar surface area (TPSA) is 36.4 Å². The maximum absolute atomic E-state index is 12.9. The first-order chi connectivity index (χ1) is 11.3. The van der Waals surface area contributed by atoms with Crippen molar-refractivity contribution < 1.29 is 4.79 Å². The third-order valence-electron chi connectivity index (χ3n) is 4.73. The molecule has 23 heavy (non-hydrogen) atoms. The Morgan fingerprint density at radius 3 is 2.74 bits per heavy atom. The molecule has 5 heteroatoms. The van der Waals surface area contributed by atoms with Gasteiger partial charge in [-0.3, -0.25) is 4.79 Å². The maximum atomic E-state index is 12.9. The number of rotatable bonds is 2. The van der Waals surface area contributed by atoms with Gasteiger partial charge in [0, 0.05) is 24.7 Å². The number of hydrogen-bond donors (Lipinski definition) is 0. The average molecular weight is 323 g/mol. The molecular formula is C18H17N3OS. The van der Waals surface area contributed by atoms with Crippen LogP contribution in [0.25, 0.3) is 0 Å². The minimum Gasteiger partial charge on any atom is -0.338 e. The standard InChI is InChI=1S/C18H17N3OS/c22-18-16(12-23)21(17-7-3-4-9-19-17)11-15-14-6-2-1-5-13(14)8-10-20(15)18/h1-7,9,12,15-16H,8,10-11H2. The minimum atomic E-state index is -0.415. The van der Waals surface area contributed by atoms with Crippen molar-refractivity contribution in [2.24, 2.45) is 0 Å². The number of carbonyl (C=O) groups is 1. The Hall–Kier alpha value is -2.27. The van der Waals surface area contributed by atoms with E-state index in [4.69, 9.17) is 12.2 Å². The quantitative estimate of drug-likeness (QED) is 0.795. The van der Waals surface area contributed by atoms with Gasteiger partial charge in [0.05, 0.1) is 6.04 Å². The number of anilines is 1. The third kappa shape index (κ3) is 2.32. The van der Waals surface area contributed by atoms with Gasteiger partial charge in [-0.15, -0.1) is 0 Å². The molecule has 2 atom stereocenters. The van der Waals surface area contributed by atoms with Crippen molar-refractivity contribution in [2.75, 3.05) is 18.0 Å². The van der Waals surface area contributed by atoms with Crippen molar-refractivity contribution in [3.05, 3.63) is 59.8 Å². The zero-order valence-electron chi connectivity index (χ0n) is 12.6. The molecular weight excluding hydrogens is 306 g/mol. The number of fused-ring (bicyclic) bond motifs is 3. The van der Waals surface area contributed by atoms with E-state index in [2.05, 4.69) is 23.2 Å². The van der Waals surface area contributed by atoms with Crippen molar-refractivity contribution in [3.8, 4) is 0 Å². The molecule has 1 aromatic heterocycles. The lowest BCUT2D eigenvalue weighted by molar-refractivity contribution is -0.135. The van der Waals surface area contributed by atoms with Crippen LogP contribution in [0.4, 0.5) is 5.82 Å². The lowest BCUT2D eigenvalue weighted by Crippen LogP contribution is -2.60. The SMILES string of the molecule is O=C1C(C=S)N(c2ccccn2)CC2c3ccccc3CCN12. The van der Waals surface area contributed by atoms with Gasteiger partial charge in [-0.2, -0.15) is 0 Å². The molecule has 0 saturated carbocycles. The van der Waals surface area contributed by atoms with E-state index in [1.807, 2.05) is 34.1 Å². The fraction of sp³-hybridized carbons (Fsp3) is 0.278. The van der Waals surface area contributed by atoms with Gasteiger partial charge < -0.3 is 9.80 Å². The van der Waals surface area contributed by atoms with Crippen molar-refractivity contribution in [1.29, 1.82) is 0 Å². The molecule has 0 radical (unpaired) electrons. The summed E-state index contributed by atoms with van der Waals surface area (Å²) in [5, 5.41) is 1.56. The van der Waals surface area contributed by atoms with Gasteiger partial charge in [-0.05, 0) is 29.7 Å². The van der Waals surface area contributed by atoms with Crippen molar-refractivity contribution in [2.45, 2.75) is 18.5 Å². The second-order valence-corrected chi connectivity index (χ2v) is 6.19. The monoisotopic (exact) mass is 323 g/mol. The number of nitrogens with zero attached hydrogens (tertiary/aromatic N) is 3. The first-order valence-corrected chi connectivity index (χ1v) is 8.28. The van der Waals surface area contributed by atoms with Crippen LogP contribution < -0.4 is 4.90 Å². The largest absolute Gasteiger partial charge is 0.338 e. The van der Waals surface area contributed by atoms with Crippen LogP contribution in [0.3, 0.4) is 0 Å². The first kappa shape index (κ1) is 14.3. The molecule has 1 aromatic carbocycles. The van der Waals surface area contributed by atoms with Crippen LogP contribution in [0.15, 0.2) is 48.7 Å². The lowest BCUT2D eigenvalue weighted by atomic mass is 9.89. The van der Waals surface area contributed by atoms with E-state index in [0.717, 1.165) is 25.3 Å². The molecule has 2 aliphatic heterocycles. The van der Waals surface area contributed by atoms with Crippen molar-refractivity contribution in [1.82, 2.24) is 9.88 Å². The number of benzene rings is 1. The number of thiocarbonyl (C=S) groups is 1. The number of pyridine rings is 1. The third-order valence-corrected chi connectivity index (χ3v) is 4.98. The lowest BCUT2D eigenvalue weighted by Gasteiger charge is -2.47. The smallest absolute Gasteiger partial charge is 0.250 e. The van der Waals surface area contributed by atoms with Crippen molar-refractivity contribution in [3.63, 3.8) is 0 Å². The summed E-state index contributed by atoms with van der Waals surface area (Å²) >= 11 is 5.16. The van der Waals surface area contributed by atoms with Crippen LogP contribution in [0.5, 0.6) is 0 Å². The average Bonchev–Trinajstić information content (AvgIpc) is 2.62. The van der Waals surface area contributed by atoms with Gasteiger partial charge in [-0.25, -0.2) is 4.98 Å². The van der Waals surface area contributed by atoms with Crippen molar-refractivity contribution >= 4 is 29.3 Å². The fourth-order valence-electron chi connectivity index (χ4n) is 3.61. The molecule has 0 N–H and O–H groups in total. The Kier molecular flexibility index (Phi) is 3.58. The highest BCUT2D eigenvalue weighted by molar-refractivity contribution is 7.79. The Morgan fingerprint density at radius 1 is 1.13 bits per heavy atom. The molecule has 2 aromatic rings. The number of amides is 1. The van der Waals surface area contributed by atoms with Gasteiger partial charge in [0.25, 0.3) is 5.91 Å². The highest BCUT2D eigenvalue weighted by Crippen LogP contribution is 2.35. The van der Waals surface area contributed by atoms with Crippen LogP contribution in [0.2, 0.25) is 0 Å². The van der Waals surface area contributed by atoms with E-state index in [0.29, 0.717) is 0 Å². The van der Waals surface area contributed by atoms with Crippen LogP contribution in [0.1, 0.15) is 17.2 Å². The molecule has 1 saturated heterocycles. The highest BCUT2D eigenvalue weighted by Gasteiger charge is 2.42. The number of piperazine rings is 1. The van der Waals surface area contributed by atoms with Gasteiger partial charge in [0.1, 0.15) is 11.9 Å². The Balaban J connectivity index is 1.76. The van der Waals surface area contributed by atoms with Gasteiger partial charge in [0.2, 0.25) is 0 Å². The van der Waals surface area contributed by atoms with Crippen LogP contribution >= 0.6 is 12.2 Å². The molecule has 3 heterocycles. The van der Waals surface area contributed by atoms with E-state index < -0.39 is 6.04 Å². The summed E-state index contributed by atoms with van der Waals surface area (Å²) in [6.45, 7) is 1.48. The molecule has 1 amide bonds. The molecule has 2 aliphatic rings. The second-order valence-electron chi connectivity index (χ2n) is 5.92. The summed E-state index contributed by atoms with van der Waals surface area (Å²) in [4.78, 5) is 21.4. The predicted octanol–water partition coefficient (Wildman–Crippen LogP) is 2.40. The zero-order chi connectivity index (χ0) is 15.8. The summed E-state index contributed by atoms with van der Waals surface area (Å²) in [7, 11) is 0. The summed E-state index contributed by atoms with van der Waals surface area (Å²) in [5.41, 5.74) is 2.58. The van der Waals surface area contributed by atoms with E-state index >= 15 is 0 Å². The van der Waals surface area contributed by atoms with E-state index in [-0.39, 0.29) is 11.9 Å². The van der Waals surface area contributed by atoms with Crippen LogP contribution in [-0.2, 0) is 11.2 Å². The summed E-state index contributed by atoms with van der Waals surface area (Å²) < 4.78 is 0. The van der Waals surface area contributed by atoms with Crippen LogP contribution in [-0.4, -0.2) is 40.3 Å². The summed E-state index contributed by atoms with van der Waals surface area (Å²) in [6, 6.07) is 13.8. The molecule has 0 bridgehead atoms. The van der Waals surface area contributed by atoms with Gasteiger partial charge in [0.15, 0.2) is 0 Å². The normalized spacial score (nSPS) is 23.2. The van der Waals surface area contributed by atoms with Gasteiger partial charge >= 0.3 is 0 Å². The van der Waals surface area contributed by atoms with E-state index in [1.165, 1.54) is 11.1 Å². The molecule has 0 spiro atoms. The molecule has 4 nitrogen and oxygen atoms in total. The molecule has 0 aliphatic carbocycles. The molecule has 116 valence electrons. The molecule has 4 rings (SSSR count). The molecule has 1 fully saturated rings. The number of hydrogen-bond acceptors (Lipinski definition) is 4. The Labute approximate surface area is 140 Å².